The third kappa shape index (κ3) is 6.76. The van der Waals surface area contributed by atoms with Gasteiger partial charge >= 0.3 is 5.97 Å². The van der Waals surface area contributed by atoms with E-state index in [0.29, 0.717) is 45.2 Å². The number of nitrogens with one attached hydrogen (secondary N) is 1. The standard InChI is InChI=1S/C24H34FN3O4/c1-2-32-22(30)11-10-21(29)27-12-14-28(15-13-27)23(19-7-3-4-8-19)24(31)26-17-18-6-5-9-20(25)16-18/h5-6,9,16,19,23H,2-4,7-8,10-15,17H2,1H3,(H,26,31). The van der Waals surface area contributed by atoms with Gasteiger partial charge in [-0.3, -0.25) is 19.3 Å². The highest BCUT2D eigenvalue weighted by Gasteiger charge is 2.37. The normalized spacial score (nSPS) is 18.4. The maximum Gasteiger partial charge on any atom is 0.306 e. The first-order valence-electron chi connectivity index (χ1n) is 11.7. The van der Waals surface area contributed by atoms with Crippen molar-refractivity contribution in [3.05, 3.63) is 35.6 Å². The van der Waals surface area contributed by atoms with E-state index < -0.39 is 0 Å². The van der Waals surface area contributed by atoms with Crippen LogP contribution in [0.25, 0.3) is 0 Å². The number of nitrogens with zero attached hydrogens (tertiary/aromatic N) is 2. The molecular formula is C24H34FN3O4. The van der Waals surface area contributed by atoms with Crippen LogP contribution in [0.15, 0.2) is 24.3 Å². The van der Waals surface area contributed by atoms with Crippen molar-refractivity contribution in [2.24, 2.45) is 5.92 Å². The van der Waals surface area contributed by atoms with E-state index >= 15 is 0 Å². The average Bonchev–Trinajstić information content (AvgIpc) is 3.31. The van der Waals surface area contributed by atoms with Crippen molar-refractivity contribution in [1.82, 2.24) is 15.1 Å². The molecule has 8 heteroatoms. The molecule has 1 aromatic rings. The monoisotopic (exact) mass is 447 g/mol. The molecule has 1 N–H and O–H groups in total. The highest BCUT2D eigenvalue weighted by molar-refractivity contribution is 5.83. The second-order valence-electron chi connectivity index (χ2n) is 8.56. The van der Waals surface area contributed by atoms with Crippen LogP contribution in [-0.2, 0) is 25.7 Å². The molecule has 0 radical (unpaired) electrons. The van der Waals surface area contributed by atoms with Gasteiger partial charge in [-0.2, -0.15) is 0 Å². The Hall–Kier alpha value is -2.48. The van der Waals surface area contributed by atoms with Crippen LogP contribution in [0.1, 0.15) is 51.0 Å². The lowest BCUT2D eigenvalue weighted by Crippen LogP contribution is -2.57. The molecule has 1 atom stereocenters. The summed E-state index contributed by atoms with van der Waals surface area (Å²) in [5.41, 5.74) is 0.737. The van der Waals surface area contributed by atoms with E-state index in [1.54, 1.807) is 24.0 Å². The number of carbonyl (C=O) groups excluding carboxylic acids is 3. The van der Waals surface area contributed by atoms with Gasteiger partial charge in [-0.15, -0.1) is 0 Å². The summed E-state index contributed by atoms with van der Waals surface area (Å²) in [5.74, 6) is -0.439. The molecule has 1 unspecified atom stereocenters. The minimum atomic E-state index is -0.351. The van der Waals surface area contributed by atoms with Gasteiger partial charge in [0.2, 0.25) is 11.8 Å². The molecule has 0 bridgehead atoms. The van der Waals surface area contributed by atoms with Gasteiger partial charge in [-0.05, 0) is 43.4 Å². The molecule has 0 spiro atoms. The summed E-state index contributed by atoms with van der Waals surface area (Å²) in [6.45, 7) is 4.69. The van der Waals surface area contributed by atoms with E-state index in [-0.39, 0.29) is 42.5 Å². The Morgan fingerprint density at radius 1 is 1.12 bits per heavy atom. The molecule has 176 valence electrons. The van der Waals surface area contributed by atoms with E-state index in [1.807, 2.05) is 0 Å². The Morgan fingerprint density at radius 3 is 2.50 bits per heavy atom. The summed E-state index contributed by atoms with van der Waals surface area (Å²) < 4.78 is 18.3. The topological polar surface area (TPSA) is 79.0 Å². The van der Waals surface area contributed by atoms with Crippen molar-refractivity contribution in [3.8, 4) is 0 Å². The lowest BCUT2D eigenvalue weighted by Gasteiger charge is -2.40. The summed E-state index contributed by atoms with van der Waals surface area (Å²) >= 11 is 0. The van der Waals surface area contributed by atoms with Gasteiger partial charge in [-0.25, -0.2) is 4.39 Å². The molecule has 2 fully saturated rings. The molecular weight excluding hydrogens is 413 g/mol. The summed E-state index contributed by atoms with van der Waals surface area (Å²) in [5, 5.41) is 3.00. The van der Waals surface area contributed by atoms with Crippen LogP contribution in [0.2, 0.25) is 0 Å². The number of rotatable bonds is 9. The highest BCUT2D eigenvalue weighted by atomic mass is 19.1. The van der Waals surface area contributed by atoms with E-state index in [9.17, 15) is 18.8 Å². The summed E-state index contributed by atoms with van der Waals surface area (Å²) in [6, 6.07) is 6.03. The smallest absolute Gasteiger partial charge is 0.306 e. The van der Waals surface area contributed by atoms with Crippen molar-refractivity contribution in [3.63, 3.8) is 0 Å². The van der Waals surface area contributed by atoms with Crippen LogP contribution >= 0.6 is 0 Å². The predicted octanol–water partition coefficient (Wildman–Crippen LogP) is 2.49. The van der Waals surface area contributed by atoms with Gasteiger partial charge < -0.3 is 15.0 Å². The van der Waals surface area contributed by atoms with Gasteiger partial charge in [0.15, 0.2) is 0 Å². The van der Waals surface area contributed by atoms with E-state index in [0.717, 1.165) is 31.2 Å². The van der Waals surface area contributed by atoms with Crippen LogP contribution in [-0.4, -0.2) is 66.4 Å². The second-order valence-corrected chi connectivity index (χ2v) is 8.56. The zero-order valence-corrected chi connectivity index (χ0v) is 18.9. The first-order valence-corrected chi connectivity index (χ1v) is 11.7. The number of hydrogen-bond donors (Lipinski definition) is 1. The van der Waals surface area contributed by atoms with Crippen molar-refractivity contribution in [2.45, 2.75) is 58.0 Å². The van der Waals surface area contributed by atoms with Crippen LogP contribution < -0.4 is 5.32 Å². The molecule has 2 amide bonds. The number of carbonyl (C=O) groups is 3. The Labute approximate surface area is 189 Å². The Kier molecular flexibility index (Phi) is 9.02. The second kappa shape index (κ2) is 11.9. The van der Waals surface area contributed by atoms with Crippen LogP contribution in [0.5, 0.6) is 0 Å². The minimum absolute atomic E-state index is 0.0248. The van der Waals surface area contributed by atoms with E-state index in [4.69, 9.17) is 4.74 Å². The Morgan fingerprint density at radius 2 is 1.84 bits per heavy atom. The number of ether oxygens (including phenoxy) is 1. The van der Waals surface area contributed by atoms with Crippen LogP contribution in [0.4, 0.5) is 4.39 Å². The molecule has 1 aromatic carbocycles. The summed E-state index contributed by atoms with van der Waals surface area (Å²) in [6.07, 6.45) is 4.56. The van der Waals surface area contributed by atoms with Crippen LogP contribution in [0.3, 0.4) is 0 Å². The fraction of sp³-hybridized carbons (Fsp3) is 0.625. The number of piperazine rings is 1. The van der Waals surface area contributed by atoms with Crippen molar-refractivity contribution in [2.75, 3.05) is 32.8 Å². The molecule has 2 aliphatic rings. The SMILES string of the molecule is CCOC(=O)CCC(=O)N1CCN(C(C(=O)NCc2cccc(F)c2)C2CCCC2)CC1. The molecule has 3 rings (SSSR count). The fourth-order valence-corrected chi connectivity index (χ4v) is 4.74. The quantitative estimate of drug-likeness (QED) is 0.589. The number of esters is 1. The average molecular weight is 448 g/mol. The molecule has 1 saturated heterocycles. The lowest BCUT2D eigenvalue weighted by molar-refractivity contribution is -0.146. The molecule has 1 aliphatic heterocycles. The zero-order chi connectivity index (χ0) is 22.9. The number of amides is 2. The summed E-state index contributed by atoms with van der Waals surface area (Å²) in [7, 11) is 0. The lowest BCUT2D eigenvalue weighted by atomic mass is 9.95. The van der Waals surface area contributed by atoms with E-state index in [1.165, 1.54) is 12.1 Å². The third-order valence-corrected chi connectivity index (χ3v) is 6.38. The van der Waals surface area contributed by atoms with Gasteiger partial charge in [0, 0.05) is 39.1 Å². The molecule has 1 heterocycles. The minimum Gasteiger partial charge on any atom is -0.466 e. The van der Waals surface area contributed by atoms with Gasteiger partial charge in [0.05, 0.1) is 19.1 Å². The first-order chi connectivity index (χ1) is 15.5. The maximum absolute atomic E-state index is 13.4. The Bertz CT molecular complexity index is 789. The molecule has 32 heavy (non-hydrogen) atoms. The van der Waals surface area contributed by atoms with Crippen molar-refractivity contribution in [1.29, 1.82) is 0 Å². The maximum atomic E-state index is 13.4. The van der Waals surface area contributed by atoms with E-state index in [2.05, 4.69) is 10.2 Å². The third-order valence-electron chi connectivity index (χ3n) is 6.38. The first kappa shape index (κ1) is 24.2. The largest absolute Gasteiger partial charge is 0.466 e. The van der Waals surface area contributed by atoms with Crippen molar-refractivity contribution >= 4 is 17.8 Å². The van der Waals surface area contributed by atoms with Crippen molar-refractivity contribution < 1.29 is 23.5 Å². The molecule has 0 aromatic heterocycles. The molecule has 1 saturated carbocycles. The molecule has 7 nitrogen and oxygen atoms in total. The zero-order valence-electron chi connectivity index (χ0n) is 18.9. The number of hydrogen-bond acceptors (Lipinski definition) is 5. The number of halogens is 1. The fourth-order valence-electron chi connectivity index (χ4n) is 4.74. The summed E-state index contributed by atoms with van der Waals surface area (Å²) in [4.78, 5) is 41.1. The van der Waals surface area contributed by atoms with Gasteiger partial charge in [0.25, 0.3) is 0 Å². The molecule has 1 aliphatic carbocycles. The van der Waals surface area contributed by atoms with Gasteiger partial charge in [-0.1, -0.05) is 25.0 Å². The van der Waals surface area contributed by atoms with Gasteiger partial charge in [0.1, 0.15) is 5.82 Å². The predicted molar refractivity (Wildman–Crippen MR) is 118 cm³/mol. The Balaban J connectivity index is 1.54. The highest BCUT2D eigenvalue weighted by Crippen LogP contribution is 2.31. The number of benzene rings is 1. The van der Waals surface area contributed by atoms with Crippen LogP contribution in [0, 0.1) is 11.7 Å².